The summed E-state index contributed by atoms with van der Waals surface area (Å²) in [6.07, 6.45) is 0. The third-order valence-corrected chi connectivity index (χ3v) is 7.46. The minimum atomic E-state index is -3.72. The molecule has 0 unspecified atom stereocenters. The van der Waals surface area contributed by atoms with Gasteiger partial charge in [0.2, 0.25) is 10.0 Å². The van der Waals surface area contributed by atoms with Gasteiger partial charge in [-0.1, -0.05) is 23.2 Å². The molecule has 28 heavy (non-hydrogen) atoms. The van der Waals surface area contributed by atoms with Crippen LogP contribution in [0.15, 0.2) is 35.2 Å². The van der Waals surface area contributed by atoms with E-state index in [9.17, 15) is 8.42 Å². The first-order valence-corrected chi connectivity index (χ1v) is 10.9. The number of piperazine rings is 1. The second kappa shape index (κ2) is 8.37. The number of ether oxygens (including phenoxy) is 2. The van der Waals surface area contributed by atoms with Gasteiger partial charge >= 0.3 is 0 Å². The number of methoxy groups -OCH3 is 2. The normalized spacial score (nSPS) is 15.5. The number of benzene rings is 2. The average molecular weight is 445 g/mol. The zero-order chi connectivity index (χ0) is 20.5. The molecule has 0 saturated carbocycles. The molecule has 1 heterocycles. The Labute approximate surface area is 175 Å². The van der Waals surface area contributed by atoms with Gasteiger partial charge in [0.05, 0.1) is 24.3 Å². The van der Waals surface area contributed by atoms with E-state index in [4.69, 9.17) is 32.7 Å². The molecule has 0 bridgehead atoms. The van der Waals surface area contributed by atoms with Crippen molar-refractivity contribution in [1.29, 1.82) is 0 Å². The van der Waals surface area contributed by atoms with Crippen LogP contribution >= 0.6 is 23.2 Å². The molecule has 1 aliphatic rings. The Bertz CT molecular complexity index is 974. The molecule has 3 rings (SSSR count). The Kier molecular flexibility index (Phi) is 6.29. The summed E-state index contributed by atoms with van der Waals surface area (Å²) < 4.78 is 38.5. The molecule has 0 atom stereocenters. The predicted octanol–water partition coefficient (Wildman–Crippen LogP) is 3.83. The maximum atomic E-state index is 13.2. The molecule has 0 spiro atoms. The van der Waals surface area contributed by atoms with E-state index in [-0.39, 0.29) is 4.90 Å². The highest BCUT2D eigenvalue weighted by Gasteiger charge is 2.32. The van der Waals surface area contributed by atoms with E-state index >= 15 is 0 Å². The number of rotatable bonds is 5. The van der Waals surface area contributed by atoms with Crippen molar-refractivity contribution in [2.75, 3.05) is 45.3 Å². The topological polar surface area (TPSA) is 59.1 Å². The number of aryl methyl sites for hydroxylation is 1. The summed E-state index contributed by atoms with van der Waals surface area (Å²) in [7, 11) is -0.744. The SMILES string of the molecule is COc1cc(S(=O)(=O)N2CCN(c3ccc(Cl)c(Cl)c3)CC2)c(OC)cc1C. The number of halogens is 2. The second-order valence-corrected chi connectivity index (χ2v) is 9.18. The molecule has 0 aliphatic carbocycles. The van der Waals surface area contributed by atoms with Crippen LogP contribution < -0.4 is 14.4 Å². The molecule has 1 saturated heterocycles. The molecule has 0 amide bonds. The summed E-state index contributed by atoms with van der Waals surface area (Å²) in [5.74, 6) is 0.819. The summed E-state index contributed by atoms with van der Waals surface area (Å²) >= 11 is 12.1. The van der Waals surface area contributed by atoms with E-state index in [1.165, 1.54) is 24.6 Å². The van der Waals surface area contributed by atoms with Gasteiger partial charge in [-0.15, -0.1) is 0 Å². The molecule has 152 valence electrons. The number of sulfonamides is 1. The fourth-order valence-electron chi connectivity index (χ4n) is 3.23. The van der Waals surface area contributed by atoms with Crippen molar-refractivity contribution in [2.24, 2.45) is 0 Å². The highest BCUT2D eigenvalue weighted by atomic mass is 35.5. The molecule has 2 aromatic rings. The van der Waals surface area contributed by atoms with Gasteiger partial charge in [-0.05, 0) is 36.8 Å². The summed E-state index contributed by atoms with van der Waals surface area (Å²) in [6, 6.07) is 8.62. The zero-order valence-electron chi connectivity index (χ0n) is 15.9. The van der Waals surface area contributed by atoms with Crippen LogP contribution in [0.2, 0.25) is 10.0 Å². The first-order valence-electron chi connectivity index (χ1n) is 8.70. The molecule has 1 fully saturated rings. The third kappa shape index (κ3) is 4.03. The second-order valence-electron chi connectivity index (χ2n) is 6.46. The predicted molar refractivity (Wildman–Crippen MR) is 112 cm³/mol. The van der Waals surface area contributed by atoms with Crippen LogP contribution in [0.5, 0.6) is 11.5 Å². The van der Waals surface area contributed by atoms with Crippen LogP contribution in [0.4, 0.5) is 5.69 Å². The number of hydrogen-bond donors (Lipinski definition) is 0. The van der Waals surface area contributed by atoms with Crippen LogP contribution in [0.25, 0.3) is 0 Å². The lowest BCUT2D eigenvalue weighted by Crippen LogP contribution is -2.48. The Morgan fingerprint density at radius 3 is 2.11 bits per heavy atom. The molecule has 0 N–H and O–H groups in total. The van der Waals surface area contributed by atoms with Crippen LogP contribution in [-0.4, -0.2) is 53.1 Å². The zero-order valence-corrected chi connectivity index (χ0v) is 18.2. The lowest BCUT2D eigenvalue weighted by molar-refractivity contribution is 0.370. The average Bonchev–Trinajstić information content (AvgIpc) is 2.69. The van der Waals surface area contributed by atoms with Gasteiger partial charge in [0, 0.05) is 37.9 Å². The number of hydrogen-bond acceptors (Lipinski definition) is 5. The lowest BCUT2D eigenvalue weighted by atomic mass is 10.2. The third-order valence-electron chi connectivity index (χ3n) is 4.81. The number of anilines is 1. The van der Waals surface area contributed by atoms with Gasteiger partial charge in [0.1, 0.15) is 16.4 Å². The van der Waals surface area contributed by atoms with Crippen LogP contribution in [-0.2, 0) is 10.0 Å². The summed E-state index contributed by atoms with van der Waals surface area (Å²) in [4.78, 5) is 2.20. The van der Waals surface area contributed by atoms with E-state index in [2.05, 4.69) is 4.90 Å². The van der Waals surface area contributed by atoms with Crippen LogP contribution in [0, 0.1) is 6.92 Å². The largest absolute Gasteiger partial charge is 0.496 e. The maximum absolute atomic E-state index is 13.2. The van der Waals surface area contributed by atoms with E-state index in [1.807, 2.05) is 13.0 Å². The Hall–Kier alpha value is -1.67. The fourth-order valence-corrected chi connectivity index (χ4v) is 5.10. The highest BCUT2D eigenvalue weighted by Crippen LogP contribution is 2.34. The fraction of sp³-hybridized carbons (Fsp3) is 0.368. The number of nitrogens with zero attached hydrogens (tertiary/aromatic N) is 2. The van der Waals surface area contributed by atoms with E-state index in [0.29, 0.717) is 47.7 Å². The summed E-state index contributed by atoms with van der Waals surface area (Å²) in [5, 5.41) is 0.970. The molecule has 6 nitrogen and oxygen atoms in total. The minimum Gasteiger partial charge on any atom is -0.496 e. The van der Waals surface area contributed by atoms with E-state index in [0.717, 1.165) is 11.3 Å². The molecular weight excluding hydrogens is 423 g/mol. The minimum absolute atomic E-state index is 0.112. The van der Waals surface area contributed by atoms with Crippen molar-refractivity contribution in [2.45, 2.75) is 11.8 Å². The van der Waals surface area contributed by atoms with Gasteiger partial charge in [-0.2, -0.15) is 4.31 Å². The smallest absolute Gasteiger partial charge is 0.247 e. The Morgan fingerprint density at radius 1 is 0.893 bits per heavy atom. The maximum Gasteiger partial charge on any atom is 0.247 e. The van der Waals surface area contributed by atoms with Crippen LogP contribution in [0.1, 0.15) is 5.56 Å². The van der Waals surface area contributed by atoms with Gasteiger partial charge in [0.15, 0.2) is 0 Å². The first-order chi connectivity index (χ1) is 13.3. The van der Waals surface area contributed by atoms with Gasteiger partial charge in [0.25, 0.3) is 0 Å². The van der Waals surface area contributed by atoms with Crippen molar-refractivity contribution in [3.8, 4) is 11.5 Å². The lowest BCUT2D eigenvalue weighted by Gasteiger charge is -2.35. The summed E-state index contributed by atoms with van der Waals surface area (Å²) in [5.41, 5.74) is 1.73. The highest BCUT2D eigenvalue weighted by molar-refractivity contribution is 7.89. The Morgan fingerprint density at radius 2 is 1.54 bits per heavy atom. The molecule has 9 heteroatoms. The molecule has 1 aliphatic heterocycles. The van der Waals surface area contributed by atoms with Crippen molar-refractivity contribution in [3.63, 3.8) is 0 Å². The quantitative estimate of drug-likeness (QED) is 0.700. The Balaban J connectivity index is 1.82. The monoisotopic (exact) mass is 444 g/mol. The molecule has 0 aromatic heterocycles. The van der Waals surface area contributed by atoms with Crippen molar-refractivity contribution in [3.05, 3.63) is 45.9 Å². The van der Waals surface area contributed by atoms with Crippen molar-refractivity contribution >= 4 is 38.9 Å². The van der Waals surface area contributed by atoms with Crippen molar-refractivity contribution < 1.29 is 17.9 Å². The van der Waals surface area contributed by atoms with Crippen LogP contribution in [0.3, 0.4) is 0 Å². The standard InChI is InChI=1S/C19H22Cl2N2O4S/c1-13-10-18(27-3)19(12-17(13)26-2)28(24,25)23-8-6-22(7-9-23)14-4-5-15(20)16(21)11-14/h4-5,10-12H,6-9H2,1-3H3. The molecule has 2 aromatic carbocycles. The van der Waals surface area contributed by atoms with Crippen molar-refractivity contribution in [1.82, 2.24) is 4.31 Å². The van der Waals surface area contributed by atoms with Gasteiger partial charge in [-0.3, -0.25) is 0 Å². The summed E-state index contributed by atoms with van der Waals surface area (Å²) in [6.45, 7) is 3.63. The van der Waals surface area contributed by atoms with E-state index in [1.54, 1.807) is 18.2 Å². The first kappa shape index (κ1) is 21.0. The molecule has 0 radical (unpaired) electrons. The molecular formula is C19H22Cl2N2O4S. The van der Waals surface area contributed by atoms with E-state index < -0.39 is 10.0 Å². The van der Waals surface area contributed by atoms with Gasteiger partial charge < -0.3 is 14.4 Å². The van der Waals surface area contributed by atoms with Gasteiger partial charge in [-0.25, -0.2) is 8.42 Å².